The number of anilines is 1. The molecule has 1 N–H and O–H groups in total. The molecule has 0 aliphatic carbocycles. The van der Waals surface area contributed by atoms with Crippen molar-refractivity contribution in [1.29, 1.82) is 0 Å². The van der Waals surface area contributed by atoms with Crippen LogP contribution in [0.2, 0.25) is 0 Å². The Hall–Kier alpha value is -2.02. The highest BCUT2D eigenvalue weighted by Crippen LogP contribution is 2.29. The number of hydrogen-bond acceptors (Lipinski definition) is 3. The zero-order chi connectivity index (χ0) is 18.1. The molecule has 26 heavy (non-hydrogen) atoms. The second-order valence-corrected chi connectivity index (χ2v) is 8.29. The Morgan fingerprint density at radius 1 is 0.962 bits per heavy atom. The van der Waals surface area contributed by atoms with Gasteiger partial charge in [-0.25, -0.2) is 4.98 Å². The maximum absolute atomic E-state index is 13.0. The molecule has 0 radical (unpaired) electrons. The van der Waals surface area contributed by atoms with Crippen molar-refractivity contribution in [2.24, 2.45) is 0 Å². The first-order valence-corrected chi connectivity index (χ1v) is 10.3. The van der Waals surface area contributed by atoms with Crippen LogP contribution in [0.1, 0.15) is 10.4 Å². The summed E-state index contributed by atoms with van der Waals surface area (Å²) in [5, 5.41) is 5.82. The molecule has 0 fully saturated rings. The minimum Gasteiger partial charge on any atom is -0.322 e. The van der Waals surface area contributed by atoms with Crippen molar-refractivity contribution in [2.45, 2.75) is 0 Å². The van der Waals surface area contributed by atoms with Gasteiger partial charge in [-0.1, -0.05) is 24.3 Å². The molecule has 0 aliphatic heterocycles. The summed E-state index contributed by atoms with van der Waals surface area (Å²) in [6, 6.07) is 19.2. The van der Waals surface area contributed by atoms with Crippen LogP contribution in [0.15, 0.2) is 75.0 Å². The Morgan fingerprint density at radius 2 is 1.81 bits per heavy atom. The summed E-state index contributed by atoms with van der Waals surface area (Å²) in [7, 11) is 0. The zero-order valence-electron chi connectivity index (χ0n) is 13.4. The number of benzene rings is 2. The van der Waals surface area contributed by atoms with Crippen molar-refractivity contribution in [2.75, 3.05) is 5.32 Å². The van der Waals surface area contributed by atoms with Crippen LogP contribution in [0.25, 0.3) is 21.5 Å². The number of para-hydroxylation sites is 1. The Kier molecular flexibility index (Phi) is 4.89. The molecule has 128 valence electrons. The van der Waals surface area contributed by atoms with Crippen molar-refractivity contribution >= 4 is 65.7 Å². The lowest BCUT2D eigenvalue weighted by Gasteiger charge is -2.10. The van der Waals surface area contributed by atoms with Crippen LogP contribution < -0.4 is 5.32 Å². The third kappa shape index (κ3) is 3.45. The number of rotatable bonds is 3. The number of thiophene rings is 1. The summed E-state index contributed by atoms with van der Waals surface area (Å²) in [5.41, 5.74) is 2.95. The molecule has 0 saturated carbocycles. The highest BCUT2D eigenvalue weighted by molar-refractivity contribution is 9.13. The first-order chi connectivity index (χ1) is 12.6. The topological polar surface area (TPSA) is 42.0 Å². The zero-order valence-corrected chi connectivity index (χ0v) is 17.4. The van der Waals surface area contributed by atoms with Gasteiger partial charge in [-0.2, -0.15) is 0 Å². The van der Waals surface area contributed by atoms with Gasteiger partial charge < -0.3 is 5.32 Å². The molecule has 1 amide bonds. The number of fused-ring (bicyclic) bond motifs is 1. The van der Waals surface area contributed by atoms with Crippen LogP contribution in [0.5, 0.6) is 0 Å². The summed E-state index contributed by atoms with van der Waals surface area (Å²) >= 11 is 8.51. The molecule has 6 heteroatoms. The Morgan fingerprint density at radius 3 is 2.58 bits per heavy atom. The van der Waals surface area contributed by atoms with Crippen molar-refractivity contribution in [3.05, 3.63) is 80.6 Å². The monoisotopic (exact) mass is 486 g/mol. The van der Waals surface area contributed by atoms with E-state index in [1.807, 2.05) is 66.0 Å². The van der Waals surface area contributed by atoms with Crippen LogP contribution in [0, 0.1) is 0 Å². The maximum atomic E-state index is 13.0. The Balaban J connectivity index is 1.78. The van der Waals surface area contributed by atoms with Gasteiger partial charge in [0.2, 0.25) is 0 Å². The van der Waals surface area contributed by atoms with Crippen molar-refractivity contribution in [3.8, 4) is 10.6 Å². The number of carbonyl (C=O) groups is 1. The molecule has 0 spiro atoms. The van der Waals surface area contributed by atoms with E-state index >= 15 is 0 Å². The number of carbonyl (C=O) groups excluding carboxylic acids is 1. The number of nitrogens with zero attached hydrogens (tertiary/aromatic N) is 1. The minimum absolute atomic E-state index is 0.157. The number of amides is 1. The van der Waals surface area contributed by atoms with Gasteiger partial charge in [-0.15, -0.1) is 11.3 Å². The van der Waals surface area contributed by atoms with Crippen LogP contribution >= 0.6 is 43.2 Å². The number of halogens is 2. The lowest BCUT2D eigenvalue weighted by molar-refractivity contribution is 0.102. The number of hydrogen-bond donors (Lipinski definition) is 1. The summed E-state index contributed by atoms with van der Waals surface area (Å²) in [6.45, 7) is 0. The highest BCUT2D eigenvalue weighted by Gasteiger charge is 2.15. The average molecular weight is 488 g/mol. The highest BCUT2D eigenvalue weighted by atomic mass is 79.9. The molecule has 0 aliphatic rings. The molecule has 4 rings (SSSR count). The van der Waals surface area contributed by atoms with E-state index in [-0.39, 0.29) is 5.91 Å². The molecular weight excluding hydrogens is 476 g/mol. The largest absolute Gasteiger partial charge is 0.322 e. The van der Waals surface area contributed by atoms with E-state index < -0.39 is 0 Å². The standard InChI is InChI=1S/C20H12Br2N2OS/c21-15-8-7-12(10-16(15)22)23-20(25)14-11-18(19-6-3-9-26-19)24-17-5-2-1-4-13(14)17/h1-11H,(H,23,25). The van der Waals surface area contributed by atoms with Gasteiger partial charge in [0.15, 0.2) is 0 Å². The van der Waals surface area contributed by atoms with Crippen molar-refractivity contribution < 1.29 is 4.79 Å². The summed E-state index contributed by atoms with van der Waals surface area (Å²) < 4.78 is 1.82. The van der Waals surface area contributed by atoms with Gasteiger partial charge >= 0.3 is 0 Å². The Bertz CT molecular complexity index is 1110. The van der Waals surface area contributed by atoms with E-state index in [9.17, 15) is 4.79 Å². The number of nitrogens with one attached hydrogen (secondary N) is 1. The first kappa shape index (κ1) is 17.4. The van der Waals surface area contributed by atoms with Gasteiger partial charge in [0, 0.05) is 20.0 Å². The molecule has 2 aromatic heterocycles. The lowest BCUT2D eigenvalue weighted by Crippen LogP contribution is -2.13. The van der Waals surface area contributed by atoms with E-state index in [2.05, 4.69) is 37.2 Å². The van der Waals surface area contributed by atoms with Gasteiger partial charge in [-0.05, 0) is 73.6 Å². The SMILES string of the molecule is O=C(Nc1ccc(Br)c(Br)c1)c1cc(-c2cccs2)nc2ccccc12. The van der Waals surface area contributed by atoms with Gasteiger partial charge in [0.25, 0.3) is 5.91 Å². The summed E-state index contributed by atoms with van der Waals surface area (Å²) in [6.07, 6.45) is 0. The minimum atomic E-state index is -0.157. The molecular formula is C20H12Br2N2OS. The van der Waals surface area contributed by atoms with Gasteiger partial charge in [0.1, 0.15) is 0 Å². The van der Waals surface area contributed by atoms with Crippen molar-refractivity contribution in [3.63, 3.8) is 0 Å². The average Bonchev–Trinajstić information content (AvgIpc) is 3.18. The lowest BCUT2D eigenvalue weighted by atomic mass is 10.1. The van der Waals surface area contributed by atoms with Crippen LogP contribution in [-0.2, 0) is 0 Å². The van der Waals surface area contributed by atoms with Crippen LogP contribution in [0.3, 0.4) is 0 Å². The second-order valence-electron chi connectivity index (χ2n) is 5.63. The number of aromatic nitrogens is 1. The maximum Gasteiger partial charge on any atom is 0.256 e. The van der Waals surface area contributed by atoms with E-state index in [1.165, 1.54) is 0 Å². The third-order valence-electron chi connectivity index (χ3n) is 3.91. The van der Waals surface area contributed by atoms with E-state index in [4.69, 9.17) is 4.98 Å². The fourth-order valence-corrected chi connectivity index (χ4v) is 4.00. The molecule has 0 saturated heterocycles. The van der Waals surface area contributed by atoms with Crippen molar-refractivity contribution in [1.82, 2.24) is 4.98 Å². The molecule has 0 atom stereocenters. The van der Waals surface area contributed by atoms with Crippen LogP contribution in [0.4, 0.5) is 5.69 Å². The normalized spacial score (nSPS) is 10.8. The predicted octanol–water partition coefficient (Wildman–Crippen LogP) is 6.74. The molecule has 0 unspecified atom stereocenters. The molecule has 0 bridgehead atoms. The smallest absolute Gasteiger partial charge is 0.256 e. The first-order valence-electron chi connectivity index (χ1n) is 7.82. The fraction of sp³-hybridized carbons (Fsp3) is 0. The van der Waals surface area contributed by atoms with E-state index in [0.717, 1.165) is 36.1 Å². The Labute approximate surface area is 171 Å². The van der Waals surface area contributed by atoms with Gasteiger partial charge in [-0.3, -0.25) is 4.79 Å². The van der Waals surface area contributed by atoms with Crippen LogP contribution in [-0.4, -0.2) is 10.9 Å². The fourth-order valence-electron chi connectivity index (χ4n) is 2.69. The molecule has 4 aromatic rings. The predicted molar refractivity (Wildman–Crippen MR) is 115 cm³/mol. The number of pyridine rings is 1. The molecule has 2 aromatic carbocycles. The summed E-state index contributed by atoms with van der Waals surface area (Å²) in [5.74, 6) is -0.157. The third-order valence-corrected chi connectivity index (χ3v) is 6.68. The molecule has 3 nitrogen and oxygen atoms in total. The summed E-state index contributed by atoms with van der Waals surface area (Å²) in [4.78, 5) is 18.7. The quantitative estimate of drug-likeness (QED) is 0.347. The molecule has 2 heterocycles. The van der Waals surface area contributed by atoms with Gasteiger partial charge in [0.05, 0.1) is 21.7 Å². The second kappa shape index (κ2) is 7.31. The van der Waals surface area contributed by atoms with E-state index in [1.54, 1.807) is 11.3 Å². The van der Waals surface area contributed by atoms with E-state index in [0.29, 0.717) is 5.56 Å².